The highest BCUT2D eigenvalue weighted by Crippen LogP contribution is 2.17. The molecule has 0 radical (unpaired) electrons. The van der Waals surface area contributed by atoms with Crippen molar-refractivity contribution in [3.63, 3.8) is 0 Å². The first-order chi connectivity index (χ1) is 15.9. The number of carbonyl (C=O) groups is 6. The van der Waals surface area contributed by atoms with Crippen LogP contribution in [-0.2, 0) is 19.2 Å². The molecule has 0 aromatic carbocycles. The van der Waals surface area contributed by atoms with Crippen molar-refractivity contribution >= 4 is 35.7 Å². The van der Waals surface area contributed by atoms with Crippen molar-refractivity contribution < 1.29 is 28.8 Å². The van der Waals surface area contributed by atoms with E-state index in [9.17, 15) is 28.8 Å². The molecular weight excluding hydrogens is 442 g/mol. The molecule has 0 aromatic heterocycles. The van der Waals surface area contributed by atoms with Gasteiger partial charge < -0.3 is 4.90 Å². The van der Waals surface area contributed by atoms with E-state index in [1.54, 1.807) is 0 Å². The largest absolute Gasteiger partial charge is 0.333 e. The summed E-state index contributed by atoms with van der Waals surface area (Å²) in [5, 5.41) is 0. The summed E-state index contributed by atoms with van der Waals surface area (Å²) in [5.74, 6) is -3.88. The lowest BCUT2D eigenvalue weighted by Crippen LogP contribution is -2.56. The van der Waals surface area contributed by atoms with E-state index < -0.39 is 41.6 Å². The van der Waals surface area contributed by atoms with Crippen LogP contribution in [0.3, 0.4) is 0 Å². The molecule has 2 saturated heterocycles. The van der Waals surface area contributed by atoms with Crippen LogP contribution >= 0.6 is 0 Å². The fraction of sp³-hybridized carbons (Fsp3) is 0.478. The zero-order valence-corrected chi connectivity index (χ0v) is 20.8. The molecular formula is C23H33N5O6. The van der Waals surface area contributed by atoms with Gasteiger partial charge in [-0.25, -0.2) is 9.59 Å². The Kier molecular flexibility index (Phi) is 10.5. The third-order valence-corrected chi connectivity index (χ3v) is 5.54. The SMILES string of the molecule is CCN(CC)CC.CN1C(=O)C(=CC=CC=CC2C(=O)N(C)C(=O)N(C)C2=O)C(=O)N(C)C1=O. The Balaban J connectivity index is 0.000000718. The van der Waals surface area contributed by atoms with E-state index in [2.05, 4.69) is 25.7 Å². The Hall–Kier alpha value is -3.60. The molecule has 0 N–H and O–H groups in total. The number of carbonyl (C=O) groups excluding carboxylic acids is 6. The predicted octanol–water partition coefficient (Wildman–Crippen LogP) is 1.09. The molecule has 8 amide bonds. The number of nitrogens with zero attached hydrogens (tertiary/aromatic N) is 5. The molecule has 2 aliphatic heterocycles. The van der Waals surface area contributed by atoms with E-state index in [0.29, 0.717) is 0 Å². The normalized spacial score (nSPS) is 18.2. The molecule has 0 spiro atoms. The van der Waals surface area contributed by atoms with E-state index >= 15 is 0 Å². The second-order valence-electron chi connectivity index (χ2n) is 7.54. The topological polar surface area (TPSA) is 119 Å². The lowest BCUT2D eigenvalue weighted by atomic mass is 10.0. The summed E-state index contributed by atoms with van der Waals surface area (Å²) < 4.78 is 0. The number of hydrogen-bond donors (Lipinski definition) is 0. The molecule has 0 aliphatic carbocycles. The summed E-state index contributed by atoms with van der Waals surface area (Å²) in [6, 6.07) is -1.42. The van der Waals surface area contributed by atoms with E-state index in [4.69, 9.17) is 0 Å². The van der Waals surface area contributed by atoms with Crippen molar-refractivity contribution in [3.8, 4) is 0 Å². The number of urea groups is 2. The van der Waals surface area contributed by atoms with Crippen LogP contribution < -0.4 is 0 Å². The highest BCUT2D eigenvalue weighted by atomic mass is 16.2. The maximum atomic E-state index is 12.0. The van der Waals surface area contributed by atoms with Crippen molar-refractivity contribution in [3.05, 3.63) is 36.0 Å². The van der Waals surface area contributed by atoms with E-state index in [1.165, 1.54) is 78.2 Å². The summed E-state index contributed by atoms with van der Waals surface area (Å²) in [6.07, 6.45) is 6.73. The van der Waals surface area contributed by atoms with Crippen LogP contribution in [0.25, 0.3) is 0 Å². The number of likely N-dealkylation sites (N-methyl/N-ethyl adjacent to an activating group) is 2. The average Bonchev–Trinajstić information content (AvgIpc) is 2.84. The van der Waals surface area contributed by atoms with E-state index in [1.807, 2.05) is 0 Å². The minimum atomic E-state index is -1.14. The number of hydrogen-bond acceptors (Lipinski definition) is 7. The van der Waals surface area contributed by atoms with Gasteiger partial charge in [-0.1, -0.05) is 45.1 Å². The molecule has 2 heterocycles. The lowest BCUT2D eigenvalue weighted by Gasteiger charge is -2.31. The summed E-state index contributed by atoms with van der Waals surface area (Å²) in [4.78, 5) is 77.1. The van der Waals surface area contributed by atoms with Gasteiger partial charge in [-0.05, 0) is 25.7 Å². The molecule has 11 nitrogen and oxygen atoms in total. The standard InChI is InChI=1S/C17H18N4O6.C6H15N/c1-18-12(22)10(13(23)19(2)16(18)26)8-6-5-7-9-11-14(24)20(3)17(27)21(4)15(11)25;1-4-7(5-2)6-3/h5-10H,1-4H3;4-6H2,1-3H3. The van der Waals surface area contributed by atoms with Crippen LogP contribution in [0.2, 0.25) is 0 Å². The highest BCUT2D eigenvalue weighted by molar-refractivity contribution is 6.28. The van der Waals surface area contributed by atoms with Crippen molar-refractivity contribution in [2.75, 3.05) is 47.8 Å². The fourth-order valence-electron chi connectivity index (χ4n) is 3.16. The van der Waals surface area contributed by atoms with Crippen LogP contribution in [0, 0.1) is 5.92 Å². The first kappa shape index (κ1) is 28.4. The molecule has 186 valence electrons. The van der Waals surface area contributed by atoms with Gasteiger partial charge in [0.25, 0.3) is 11.8 Å². The minimum Gasteiger partial charge on any atom is -0.304 e. The zero-order valence-electron chi connectivity index (χ0n) is 20.8. The number of amides is 8. The van der Waals surface area contributed by atoms with Crippen LogP contribution in [0.15, 0.2) is 36.0 Å². The Morgan fingerprint density at radius 3 is 1.44 bits per heavy atom. The Bertz CT molecular complexity index is 879. The molecule has 0 saturated carbocycles. The van der Waals surface area contributed by atoms with Crippen LogP contribution in [0.5, 0.6) is 0 Å². The maximum Gasteiger partial charge on any atom is 0.333 e. The van der Waals surface area contributed by atoms with Gasteiger partial charge >= 0.3 is 12.1 Å². The quantitative estimate of drug-likeness (QED) is 0.244. The molecule has 2 aliphatic rings. The average molecular weight is 476 g/mol. The molecule has 0 atom stereocenters. The smallest absolute Gasteiger partial charge is 0.304 e. The number of rotatable bonds is 6. The second-order valence-corrected chi connectivity index (χ2v) is 7.54. The molecule has 0 bridgehead atoms. The highest BCUT2D eigenvalue weighted by Gasteiger charge is 2.41. The minimum absolute atomic E-state index is 0.195. The Morgan fingerprint density at radius 1 is 0.647 bits per heavy atom. The van der Waals surface area contributed by atoms with Crippen LogP contribution in [-0.4, -0.2) is 108 Å². The van der Waals surface area contributed by atoms with Gasteiger partial charge in [0, 0.05) is 28.2 Å². The fourth-order valence-corrected chi connectivity index (χ4v) is 3.16. The predicted molar refractivity (Wildman–Crippen MR) is 125 cm³/mol. The summed E-state index contributed by atoms with van der Waals surface area (Å²) in [7, 11) is 5.09. The van der Waals surface area contributed by atoms with E-state index in [-0.39, 0.29) is 5.57 Å². The number of allylic oxidation sites excluding steroid dienone is 4. The lowest BCUT2D eigenvalue weighted by molar-refractivity contribution is -0.145. The molecule has 2 rings (SSSR count). The van der Waals surface area contributed by atoms with Gasteiger partial charge in [0.05, 0.1) is 0 Å². The van der Waals surface area contributed by atoms with Crippen LogP contribution in [0.4, 0.5) is 9.59 Å². The Morgan fingerprint density at radius 2 is 1.06 bits per heavy atom. The van der Waals surface area contributed by atoms with Gasteiger partial charge in [-0.15, -0.1) is 0 Å². The van der Waals surface area contributed by atoms with Gasteiger partial charge in [0.15, 0.2) is 0 Å². The van der Waals surface area contributed by atoms with Gasteiger partial charge in [-0.2, -0.15) is 0 Å². The molecule has 34 heavy (non-hydrogen) atoms. The molecule has 2 fully saturated rings. The van der Waals surface area contributed by atoms with Gasteiger partial charge in [-0.3, -0.25) is 38.8 Å². The third kappa shape index (κ3) is 6.25. The van der Waals surface area contributed by atoms with Crippen LogP contribution in [0.1, 0.15) is 20.8 Å². The van der Waals surface area contributed by atoms with Crippen molar-refractivity contribution in [2.45, 2.75) is 20.8 Å². The first-order valence-electron chi connectivity index (χ1n) is 10.9. The third-order valence-electron chi connectivity index (χ3n) is 5.54. The monoisotopic (exact) mass is 475 g/mol. The van der Waals surface area contributed by atoms with E-state index in [0.717, 1.165) is 19.6 Å². The second kappa shape index (κ2) is 12.6. The number of barbiturate groups is 2. The first-order valence-corrected chi connectivity index (χ1v) is 10.9. The van der Waals surface area contributed by atoms with Crippen molar-refractivity contribution in [1.82, 2.24) is 24.5 Å². The maximum absolute atomic E-state index is 12.0. The number of imide groups is 4. The summed E-state index contributed by atoms with van der Waals surface area (Å²) in [5.41, 5.74) is -0.195. The summed E-state index contributed by atoms with van der Waals surface area (Å²) in [6.45, 7) is 10.1. The molecule has 0 unspecified atom stereocenters. The van der Waals surface area contributed by atoms with Gasteiger partial charge in [0.1, 0.15) is 11.5 Å². The molecule has 11 heteroatoms. The molecule has 0 aromatic rings. The Labute approximate surface area is 199 Å². The van der Waals surface area contributed by atoms with Crippen molar-refractivity contribution in [1.29, 1.82) is 0 Å². The zero-order chi connectivity index (χ0) is 26.2. The summed E-state index contributed by atoms with van der Waals surface area (Å²) >= 11 is 0. The van der Waals surface area contributed by atoms with Gasteiger partial charge in [0.2, 0.25) is 11.8 Å². The van der Waals surface area contributed by atoms with Crippen molar-refractivity contribution in [2.24, 2.45) is 5.92 Å².